The molecule has 3 nitrogen and oxygen atoms in total. The minimum atomic E-state index is -0.488. The Bertz CT molecular complexity index is 1730. The summed E-state index contributed by atoms with van der Waals surface area (Å²) in [5, 5.41) is 9.74. The predicted octanol–water partition coefficient (Wildman–Crippen LogP) is 7.10. The van der Waals surface area contributed by atoms with E-state index in [2.05, 4.69) is 107 Å². The molecule has 170 valence electrons. The second kappa shape index (κ2) is 7.03. The van der Waals surface area contributed by atoms with Crippen LogP contribution in [0.5, 0.6) is 0 Å². The minimum Gasteiger partial charge on any atom is -0.399 e. The molecule has 35 heavy (non-hydrogen) atoms. The largest absolute Gasteiger partial charge is 0.495 e. The van der Waals surface area contributed by atoms with Crippen LogP contribution in [-0.4, -0.2) is 23.3 Å². The van der Waals surface area contributed by atoms with E-state index in [0.29, 0.717) is 0 Å². The molecule has 0 bridgehead atoms. The highest BCUT2D eigenvalue weighted by Gasteiger charge is 2.52. The van der Waals surface area contributed by atoms with Crippen LogP contribution in [0.2, 0.25) is 0 Å². The van der Waals surface area contributed by atoms with E-state index in [-0.39, 0.29) is 0 Å². The summed E-state index contributed by atoms with van der Waals surface area (Å²) in [5.41, 5.74) is 2.22. The van der Waals surface area contributed by atoms with Crippen LogP contribution in [0.15, 0.2) is 85.1 Å². The van der Waals surface area contributed by atoms with Crippen molar-refractivity contribution in [3.8, 4) is 11.3 Å². The third-order valence-corrected chi connectivity index (χ3v) is 8.10. The summed E-state index contributed by atoms with van der Waals surface area (Å²) in [7, 11) is -0.488. The molecule has 4 heteroatoms. The zero-order valence-corrected chi connectivity index (χ0v) is 20.4. The van der Waals surface area contributed by atoms with Crippen molar-refractivity contribution in [1.29, 1.82) is 0 Å². The molecule has 0 amide bonds. The first kappa shape index (κ1) is 20.9. The summed E-state index contributed by atoms with van der Waals surface area (Å²) >= 11 is 0. The lowest BCUT2D eigenvalue weighted by molar-refractivity contribution is 0.00578. The first-order chi connectivity index (χ1) is 16.8. The van der Waals surface area contributed by atoms with Gasteiger partial charge < -0.3 is 9.31 Å². The van der Waals surface area contributed by atoms with Gasteiger partial charge in [-0.2, -0.15) is 0 Å². The van der Waals surface area contributed by atoms with Gasteiger partial charge in [0.15, 0.2) is 0 Å². The molecule has 1 aliphatic rings. The Balaban J connectivity index is 1.64. The molecule has 6 aromatic rings. The Kier molecular flexibility index (Phi) is 4.19. The van der Waals surface area contributed by atoms with Gasteiger partial charge >= 0.3 is 7.12 Å². The van der Waals surface area contributed by atoms with Crippen LogP contribution in [0.4, 0.5) is 0 Å². The Morgan fingerprint density at radius 2 is 1.29 bits per heavy atom. The quantitative estimate of drug-likeness (QED) is 0.206. The SMILES string of the molecule is CC1(C)OB(c2cc3ccc4cccc5ccc(c2-c2nccc6ccccc26)c3c45)OC1(C)C. The molecule has 1 aliphatic heterocycles. The maximum Gasteiger partial charge on any atom is 0.495 e. The Morgan fingerprint density at radius 3 is 2.06 bits per heavy atom. The van der Waals surface area contributed by atoms with Crippen molar-refractivity contribution in [3.05, 3.63) is 85.1 Å². The van der Waals surface area contributed by atoms with E-state index in [1.165, 1.54) is 37.7 Å². The van der Waals surface area contributed by atoms with Crippen LogP contribution >= 0.6 is 0 Å². The summed E-state index contributed by atoms with van der Waals surface area (Å²) in [6.07, 6.45) is 1.91. The summed E-state index contributed by atoms with van der Waals surface area (Å²) in [6.45, 7) is 8.42. The molecule has 2 heterocycles. The Morgan fingerprint density at radius 1 is 0.629 bits per heavy atom. The van der Waals surface area contributed by atoms with Crippen LogP contribution in [0.1, 0.15) is 27.7 Å². The normalized spacial score (nSPS) is 17.3. The van der Waals surface area contributed by atoms with E-state index >= 15 is 0 Å². The van der Waals surface area contributed by atoms with Crippen molar-refractivity contribution in [1.82, 2.24) is 4.98 Å². The number of fused-ring (bicyclic) bond motifs is 1. The number of aromatic nitrogens is 1. The van der Waals surface area contributed by atoms with Gasteiger partial charge in [0.25, 0.3) is 0 Å². The summed E-state index contributed by atoms with van der Waals surface area (Å²) < 4.78 is 13.2. The average molecular weight is 455 g/mol. The fourth-order valence-electron chi connectivity index (χ4n) is 5.57. The van der Waals surface area contributed by atoms with Crippen molar-refractivity contribution >= 4 is 55.7 Å². The van der Waals surface area contributed by atoms with Crippen LogP contribution in [-0.2, 0) is 9.31 Å². The van der Waals surface area contributed by atoms with Crippen molar-refractivity contribution in [2.45, 2.75) is 38.9 Å². The first-order valence-corrected chi connectivity index (χ1v) is 12.2. The molecule has 1 aromatic heterocycles. The second-order valence-electron chi connectivity index (χ2n) is 10.7. The van der Waals surface area contributed by atoms with E-state index in [9.17, 15) is 0 Å². The fourth-order valence-corrected chi connectivity index (χ4v) is 5.57. The molecule has 0 atom stereocenters. The first-order valence-electron chi connectivity index (χ1n) is 12.2. The molecule has 7 rings (SSSR count). The van der Waals surface area contributed by atoms with Gasteiger partial charge in [0.05, 0.1) is 16.9 Å². The molecule has 0 saturated carbocycles. The molecule has 0 aliphatic carbocycles. The molecule has 1 fully saturated rings. The number of rotatable bonds is 2. The number of pyridine rings is 1. The van der Waals surface area contributed by atoms with E-state index in [1.54, 1.807) is 0 Å². The third-order valence-electron chi connectivity index (χ3n) is 8.10. The number of benzene rings is 5. The number of nitrogens with zero attached hydrogens (tertiary/aromatic N) is 1. The van der Waals surface area contributed by atoms with Gasteiger partial charge in [0.2, 0.25) is 0 Å². The van der Waals surface area contributed by atoms with Crippen LogP contribution in [0.25, 0.3) is 54.3 Å². The fraction of sp³-hybridized carbons (Fsp3) is 0.194. The maximum atomic E-state index is 6.60. The number of hydrogen-bond acceptors (Lipinski definition) is 3. The third kappa shape index (κ3) is 2.90. The standard InChI is InChI=1S/C31H26BNO2/c1-30(2)31(3,4)35-32(34-30)25-18-22-13-12-20-9-7-10-21-14-15-24(27(22)26(20)21)28(25)29-23-11-6-5-8-19(23)16-17-33-29/h5-18H,1-4H3. The number of hydrogen-bond donors (Lipinski definition) is 0. The van der Waals surface area contributed by atoms with E-state index in [4.69, 9.17) is 14.3 Å². The van der Waals surface area contributed by atoms with Crippen LogP contribution < -0.4 is 5.46 Å². The lowest BCUT2D eigenvalue weighted by Crippen LogP contribution is -2.41. The topological polar surface area (TPSA) is 31.4 Å². The highest BCUT2D eigenvalue weighted by molar-refractivity contribution is 6.65. The summed E-state index contributed by atoms with van der Waals surface area (Å²) in [4.78, 5) is 4.95. The van der Waals surface area contributed by atoms with Crippen LogP contribution in [0, 0.1) is 0 Å². The zero-order valence-electron chi connectivity index (χ0n) is 20.4. The molecule has 5 aromatic carbocycles. The monoisotopic (exact) mass is 455 g/mol. The van der Waals surface area contributed by atoms with Gasteiger partial charge in [0, 0.05) is 17.1 Å². The molecular formula is C31H26BNO2. The Labute approximate surface area is 205 Å². The lowest BCUT2D eigenvalue weighted by Gasteiger charge is -2.32. The molecule has 1 saturated heterocycles. The summed E-state index contributed by atoms with van der Waals surface area (Å²) in [6, 6.07) is 28.2. The van der Waals surface area contributed by atoms with E-state index in [1.807, 2.05) is 6.20 Å². The van der Waals surface area contributed by atoms with Gasteiger partial charge in [-0.1, -0.05) is 72.8 Å². The molecule has 0 spiro atoms. The van der Waals surface area contributed by atoms with Crippen molar-refractivity contribution in [3.63, 3.8) is 0 Å². The van der Waals surface area contributed by atoms with Gasteiger partial charge in [0.1, 0.15) is 0 Å². The molecule has 0 unspecified atom stereocenters. The Hall–Kier alpha value is -3.47. The summed E-state index contributed by atoms with van der Waals surface area (Å²) in [5.74, 6) is 0. The molecule has 0 N–H and O–H groups in total. The smallest absolute Gasteiger partial charge is 0.399 e. The minimum absolute atomic E-state index is 0.431. The van der Waals surface area contributed by atoms with Crippen molar-refractivity contribution in [2.24, 2.45) is 0 Å². The van der Waals surface area contributed by atoms with Crippen molar-refractivity contribution in [2.75, 3.05) is 0 Å². The van der Waals surface area contributed by atoms with E-state index < -0.39 is 18.3 Å². The van der Waals surface area contributed by atoms with E-state index in [0.717, 1.165) is 22.1 Å². The van der Waals surface area contributed by atoms with Crippen LogP contribution in [0.3, 0.4) is 0 Å². The van der Waals surface area contributed by atoms with Gasteiger partial charge in [-0.05, 0) is 76.9 Å². The highest BCUT2D eigenvalue weighted by atomic mass is 16.7. The second-order valence-corrected chi connectivity index (χ2v) is 10.7. The maximum absolute atomic E-state index is 6.60. The molecule has 0 radical (unpaired) electrons. The average Bonchev–Trinajstić information content (AvgIpc) is 3.08. The highest BCUT2D eigenvalue weighted by Crippen LogP contribution is 2.42. The van der Waals surface area contributed by atoms with Gasteiger partial charge in [-0.15, -0.1) is 0 Å². The molecular weight excluding hydrogens is 429 g/mol. The zero-order chi connectivity index (χ0) is 23.9. The van der Waals surface area contributed by atoms with Gasteiger partial charge in [-0.25, -0.2) is 0 Å². The lowest BCUT2D eigenvalue weighted by atomic mass is 9.72. The van der Waals surface area contributed by atoms with Crippen molar-refractivity contribution < 1.29 is 9.31 Å². The van der Waals surface area contributed by atoms with Gasteiger partial charge in [-0.3, -0.25) is 4.98 Å². The predicted molar refractivity (Wildman–Crippen MR) is 147 cm³/mol.